The standard InChI is InChI=1S/C9H11ClFN/c1-12(6-5-10)9-4-2-3-8(11)7-9/h2-4,7H,5-6H2,1H3. The first-order chi connectivity index (χ1) is 5.74. The maximum atomic E-state index is 12.7. The average molecular weight is 188 g/mol. The Morgan fingerprint density at radius 1 is 1.50 bits per heavy atom. The first-order valence-corrected chi connectivity index (χ1v) is 4.30. The van der Waals surface area contributed by atoms with E-state index in [-0.39, 0.29) is 5.82 Å². The van der Waals surface area contributed by atoms with Gasteiger partial charge in [0.2, 0.25) is 0 Å². The van der Waals surface area contributed by atoms with Crippen molar-refractivity contribution in [2.75, 3.05) is 24.4 Å². The second kappa shape index (κ2) is 4.31. The van der Waals surface area contributed by atoms with Crippen LogP contribution in [0.4, 0.5) is 10.1 Å². The largest absolute Gasteiger partial charge is 0.373 e. The first kappa shape index (κ1) is 9.33. The SMILES string of the molecule is CN(CCCl)c1cccc(F)c1. The highest BCUT2D eigenvalue weighted by atomic mass is 35.5. The maximum Gasteiger partial charge on any atom is 0.125 e. The molecule has 0 aliphatic rings. The lowest BCUT2D eigenvalue weighted by molar-refractivity contribution is 0.627. The monoisotopic (exact) mass is 187 g/mol. The van der Waals surface area contributed by atoms with Crippen molar-refractivity contribution < 1.29 is 4.39 Å². The second-order valence-corrected chi connectivity index (χ2v) is 2.97. The molecule has 0 heterocycles. The number of halogens is 2. The Kier molecular flexibility index (Phi) is 3.35. The van der Waals surface area contributed by atoms with Crippen LogP contribution in [0.5, 0.6) is 0 Å². The van der Waals surface area contributed by atoms with Crippen molar-refractivity contribution in [1.82, 2.24) is 0 Å². The number of alkyl halides is 1. The van der Waals surface area contributed by atoms with E-state index < -0.39 is 0 Å². The smallest absolute Gasteiger partial charge is 0.125 e. The molecule has 1 nitrogen and oxygen atoms in total. The topological polar surface area (TPSA) is 3.24 Å². The van der Waals surface area contributed by atoms with Gasteiger partial charge in [-0.3, -0.25) is 0 Å². The summed E-state index contributed by atoms with van der Waals surface area (Å²) < 4.78 is 12.7. The first-order valence-electron chi connectivity index (χ1n) is 3.76. The molecule has 0 N–H and O–H groups in total. The predicted molar refractivity (Wildman–Crippen MR) is 50.4 cm³/mol. The molecule has 0 atom stereocenters. The highest BCUT2D eigenvalue weighted by Gasteiger charge is 1.99. The molecule has 1 aromatic carbocycles. The number of rotatable bonds is 3. The molecular weight excluding hydrogens is 177 g/mol. The Bertz CT molecular complexity index is 252. The van der Waals surface area contributed by atoms with Crippen LogP contribution in [-0.4, -0.2) is 19.5 Å². The van der Waals surface area contributed by atoms with Crippen LogP contribution < -0.4 is 4.90 Å². The van der Waals surface area contributed by atoms with Gasteiger partial charge in [-0.2, -0.15) is 0 Å². The normalized spacial score (nSPS) is 9.92. The van der Waals surface area contributed by atoms with Crippen LogP contribution in [0.1, 0.15) is 0 Å². The van der Waals surface area contributed by atoms with Crippen LogP contribution in [-0.2, 0) is 0 Å². The Hall–Kier alpha value is -0.760. The maximum absolute atomic E-state index is 12.7. The molecule has 0 saturated carbocycles. The van der Waals surface area contributed by atoms with Crippen molar-refractivity contribution in [3.05, 3.63) is 30.1 Å². The van der Waals surface area contributed by atoms with Gasteiger partial charge in [0, 0.05) is 25.2 Å². The quantitative estimate of drug-likeness (QED) is 0.658. The van der Waals surface area contributed by atoms with E-state index in [9.17, 15) is 4.39 Å². The van der Waals surface area contributed by atoms with Gasteiger partial charge in [-0.1, -0.05) is 6.07 Å². The van der Waals surface area contributed by atoms with E-state index in [4.69, 9.17) is 11.6 Å². The summed E-state index contributed by atoms with van der Waals surface area (Å²) in [5.41, 5.74) is 0.857. The molecule has 1 rings (SSSR count). The van der Waals surface area contributed by atoms with Gasteiger partial charge in [-0.25, -0.2) is 4.39 Å². The minimum Gasteiger partial charge on any atom is -0.373 e. The van der Waals surface area contributed by atoms with E-state index >= 15 is 0 Å². The third-order valence-electron chi connectivity index (χ3n) is 1.67. The fraction of sp³-hybridized carbons (Fsp3) is 0.333. The molecule has 0 aromatic heterocycles. The van der Waals surface area contributed by atoms with E-state index in [1.54, 1.807) is 6.07 Å². The van der Waals surface area contributed by atoms with Crippen molar-refractivity contribution in [3.63, 3.8) is 0 Å². The lowest BCUT2D eigenvalue weighted by Gasteiger charge is -2.17. The molecule has 0 amide bonds. The van der Waals surface area contributed by atoms with Crippen molar-refractivity contribution in [3.8, 4) is 0 Å². The molecule has 0 bridgehead atoms. The predicted octanol–water partition coefficient (Wildman–Crippen LogP) is 2.50. The fourth-order valence-electron chi connectivity index (χ4n) is 0.969. The van der Waals surface area contributed by atoms with Gasteiger partial charge in [-0.15, -0.1) is 11.6 Å². The molecule has 0 fully saturated rings. The van der Waals surface area contributed by atoms with Gasteiger partial charge in [0.25, 0.3) is 0 Å². The van der Waals surface area contributed by atoms with Gasteiger partial charge in [0.15, 0.2) is 0 Å². The summed E-state index contributed by atoms with van der Waals surface area (Å²) in [5, 5.41) is 0. The van der Waals surface area contributed by atoms with E-state index in [1.807, 2.05) is 18.0 Å². The molecule has 0 unspecified atom stereocenters. The van der Waals surface area contributed by atoms with Crippen molar-refractivity contribution in [2.24, 2.45) is 0 Å². The zero-order valence-corrected chi connectivity index (χ0v) is 7.68. The Labute approximate surface area is 76.8 Å². The van der Waals surface area contributed by atoms with Crippen LogP contribution in [0.15, 0.2) is 24.3 Å². The molecule has 0 aliphatic carbocycles. The highest BCUT2D eigenvalue weighted by molar-refractivity contribution is 6.18. The van der Waals surface area contributed by atoms with E-state index in [0.29, 0.717) is 5.88 Å². The number of hydrogen-bond donors (Lipinski definition) is 0. The number of nitrogens with zero attached hydrogens (tertiary/aromatic N) is 1. The van der Waals surface area contributed by atoms with Crippen molar-refractivity contribution in [1.29, 1.82) is 0 Å². The van der Waals surface area contributed by atoms with Crippen LogP contribution in [0.2, 0.25) is 0 Å². The van der Waals surface area contributed by atoms with Gasteiger partial charge < -0.3 is 4.90 Å². The summed E-state index contributed by atoms with van der Waals surface area (Å²) >= 11 is 5.55. The summed E-state index contributed by atoms with van der Waals surface area (Å²) in [6.07, 6.45) is 0. The fourth-order valence-corrected chi connectivity index (χ4v) is 1.22. The Morgan fingerprint density at radius 3 is 2.83 bits per heavy atom. The lowest BCUT2D eigenvalue weighted by Crippen LogP contribution is -2.19. The highest BCUT2D eigenvalue weighted by Crippen LogP contribution is 2.13. The van der Waals surface area contributed by atoms with Gasteiger partial charge in [-0.05, 0) is 18.2 Å². The van der Waals surface area contributed by atoms with Crippen LogP contribution >= 0.6 is 11.6 Å². The van der Waals surface area contributed by atoms with Gasteiger partial charge in [0.1, 0.15) is 5.82 Å². The molecule has 12 heavy (non-hydrogen) atoms. The molecule has 0 radical (unpaired) electrons. The summed E-state index contributed by atoms with van der Waals surface area (Å²) in [5.74, 6) is 0.335. The van der Waals surface area contributed by atoms with Crippen molar-refractivity contribution in [2.45, 2.75) is 0 Å². The summed E-state index contributed by atoms with van der Waals surface area (Å²) in [6, 6.07) is 6.47. The minimum absolute atomic E-state index is 0.214. The number of benzene rings is 1. The number of hydrogen-bond acceptors (Lipinski definition) is 1. The third kappa shape index (κ3) is 2.38. The molecule has 0 saturated heterocycles. The number of anilines is 1. The Balaban J connectivity index is 2.73. The van der Waals surface area contributed by atoms with E-state index in [0.717, 1.165) is 12.2 Å². The van der Waals surface area contributed by atoms with Gasteiger partial charge >= 0.3 is 0 Å². The second-order valence-electron chi connectivity index (χ2n) is 2.59. The third-order valence-corrected chi connectivity index (χ3v) is 1.84. The van der Waals surface area contributed by atoms with Gasteiger partial charge in [0.05, 0.1) is 0 Å². The van der Waals surface area contributed by atoms with Crippen molar-refractivity contribution >= 4 is 17.3 Å². The zero-order chi connectivity index (χ0) is 8.97. The minimum atomic E-state index is -0.214. The van der Waals surface area contributed by atoms with Crippen LogP contribution in [0.3, 0.4) is 0 Å². The van der Waals surface area contributed by atoms with Crippen LogP contribution in [0, 0.1) is 5.82 Å². The molecule has 1 aromatic rings. The Morgan fingerprint density at radius 2 is 2.25 bits per heavy atom. The molecule has 3 heteroatoms. The zero-order valence-electron chi connectivity index (χ0n) is 6.93. The van der Waals surface area contributed by atoms with E-state index in [2.05, 4.69) is 0 Å². The van der Waals surface area contributed by atoms with Crippen LogP contribution in [0.25, 0.3) is 0 Å². The molecular formula is C9H11ClFN. The molecule has 66 valence electrons. The average Bonchev–Trinajstić information content (AvgIpc) is 2.05. The summed E-state index contributed by atoms with van der Waals surface area (Å²) in [6.45, 7) is 0.727. The summed E-state index contributed by atoms with van der Waals surface area (Å²) in [4.78, 5) is 1.91. The van der Waals surface area contributed by atoms with E-state index in [1.165, 1.54) is 12.1 Å². The summed E-state index contributed by atoms with van der Waals surface area (Å²) in [7, 11) is 1.89. The lowest BCUT2D eigenvalue weighted by atomic mass is 10.3. The molecule has 0 aliphatic heterocycles. The molecule has 0 spiro atoms.